The van der Waals surface area contributed by atoms with Crippen molar-refractivity contribution in [1.29, 1.82) is 0 Å². The standard InChI is InChI=1S/C22H22ClN5O3S2.C2HF3O2/c23-16-4-3-14-10-21(32-20(14)11-16)33(30,31)26-18-5-7-27(22(18)29)12-15-9-19-13(8-17(15)24)2-1-6-28(19)25;3-2(4,5)1(6)7/h1-4,8-11,18,26H,5-7,12,24-25H2;(H,6,7)/t18-;/m0./s1. The zero-order chi connectivity index (χ0) is 29.4. The molecule has 16 heteroatoms. The monoisotopic (exact) mass is 617 g/mol. The number of aliphatic carboxylic acids is 1. The molecule has 1 amide bonds. The number of benzene rings is 2. The number of sulfonamides is 1. The molecule has 0 radical (unpaired) electrons. The maximum atomic E-state index is 13.0. The molecule has 214 valence electrons. The highest BCUT2D eigenvalue weighted by atomic mass is 35.5. The highest BCUT2D eigenvalue weighted by molar-refractivity contribution is 7.91. The van der Waals surface area contributed by atoms with Crippen molar-refractivity contribution in [3.05, 3.63) is 58.6 Å². The summed E-state index contributed by atoms with van der Waals surface area (Å²) in [7, 11) is -3.85. The number of carboxylic acid groups (broad SMARTS) is 1. The minimum absolute atomic E-state index is 0.154. The Morgan fingerprint density at radius 2 is 1.93 bits per heavy atom. The highest BCUT2D eigenvalue weighted by Crippen LogP contribution is 2.33. The Kier molecular flexibility index (Phi) is 8.33. The number of carbonyl (C=O) groups is 2. The van der Waals surface area contributed by atoms with Crippen LogP contribution in [0.3, 0.4) is 0 Å². The van der Waals surface area contributed by atoms with Gasteiger partial charge < -0.3 is 20.7 Å². The minimum Gasteiger partial charge on any atom is -0.475 e. The Labute approximate surface area is 235 Å². The number of amides is 1. The van der Waals surface area contributed by atoms with Crippen LogP contribution in [0.1, 0.15) is 17.5 Å². The molecule has 0 spiro atoms. The van der Waals surface area contributed by atoms with Crippen molar-refractivity contribution >= 4 is 72.4 Å². The lowest BCUT2D eigenvalue weighted by Gasteiger charge is -2.25. The first-order valence-electron chi connectivity index (χ1n) is 11.6. The van der Waals surface area contributed by atoms with Gasteiger partial charge in [-0.05, 0) is 47.7 Å². The van der Waals surface area contributed by atoms with Gasteiger partial charge in [-0.3, -0.25) is 4.79 Å². The quantitative estimate of drug-likeness (QED) is 0.250. The second-order valence-corrected chi connectivity index (χ2v) is 12.4. The van der Waals surface area contributed by atoms with Gasteiger partial charge in [0.25, 0.3) is 10.0 Å². The maximum absolute atomic E-state index is 13.0. The van der Waals surface area contributed by atoms with Gasteiger partial charge in [-0.25, -0.2) is 19.1 Å². The van der Waals surface area contributed by atoms with Gasteiger partial charge in [0.1, 0.15) is 10.3 Å². The zero-order valence-electron chi connectivity index (χ0n) is 20.5. The summed E-state index contributed by atoms with van der Waals surface area (Å²) >= 11 is 7.13. The molecule has 3 aromatic rings. The van der Waals surface area contributed by atoms with Gasteiger partial charge in [-0.2, -0.15) is 17.9 Å². The number of rotatable bonds is 5. The van der Waals surface area contributed by atoms with Crippen LogP contribution in [0, 0.1) is 0 Å². The largest absolute Gasteiger partial charge is 0.490 e. The van der Waals surface area contributed by atoms with E-state index >= 15 is 0 Å². The first-order valence-corrected chi connectivity index (χ1v) is 14.2. The zero-order valence-corrected chi connectivity index (χ0v) is 22.9. The Morgan fingerprint density at radius 1 is 1.23 bits per heavy atom. The Balaban J connectivity index is 0.000000470. The Morgan fingerprint density at radius 3 is 2.60 bits per heavy atom. The predicted molar refractivity (Wildman–Crippen MR) is 146 cm³/mol. The molecule has 1 saturated heterocycles. The number of fused-ring (bicyclic) bond motifs is 2. The Hall–Kier alpha value is -3.37. The number of nitrogens with one attached hydrogen (secondary N) is 1. The summed E-state index contributed by atoms with van der Waals surface area (Å²) in [5, 5.41) is 10.1. The van der Waals surface area contributed by atoms with Crippen LogP contribution in [0.15, 0.2) is 46.7 Å². The molecular weight excluding hydrogens is 595 g/mol. The fourth-order valence-corrected chi connectivity index (χ4v) is 7.06. The fraction of sp³-hybridized carbons (Fsp3) is 0.250. The third kappa shape index (κ3) is 6.50. The van der Waals surface area contributed by atoms with E-state index in [2.05, 4.69) is 4.72 Å². The van der Waals surface area contributed by atoms with Gasteiger partial charge in [-0.1, -0.05) is 29.8 Å². The van der Waals surface area contributed by atoms with Gasteiger partial charge in [0.05, 0.1) is 12.2 Å². The van der Waals surface area contributed by atoms with Crippen LogP contribution >= 0.6 is 22.9 Å². The molecule has 2 aliphatic heterocycles. The number of nitrogens with zero attached hydrogens (tertiary/aromatic N) is 2. The summed E-state index contributed by atoms with van der Waals surface area (Å²) in [5.41, 5.74) is 9.33. The van der Waals surface area contributed by atoms with Crippen LogP contribution in [0.2, 0.25) is 5.02 Å². The van der Waals surface area contributed by atoms with Gasteiger partial charge >= 0.3 is 12.1 Å². The van der Waals surface area contributed by atoms with E-state index in [1.807, 2.05) is 24.3 Å². The van der Waals surface area contributed by atoms with Crippen LogP contribution in [0.5, 0.6) is 0 Å². The van der Waals surface area contributed by atoms with Crippen molar-refractivity contribution in [3.63, 3.8) is 0 Å². The van der Waals surface area contributed by atoms with E-state index in [4.69, 9.17) is 33.1 Å². The number of likely N-dealkylation sites (tertiary alicyclic amines) is 1. The van der Waals surface area contributed by atoms with Crippen molar-refractivity contribution in [3.8, 4) is 0 Å². The van der Waals surface area contributed by atoms with Gasteiger partial charge in [-0.15, -0.1) is 11.3 Å². The van der Waals surface area contributed by atoms with Crippen LogP contribution in [-0.4, -0.2) is 55.6 Å². The number of alkyl halides is 3. The number of anilines is 2. The predicted octanol–water partition coefficient (Wildman–Crippen LogP) is 3.56. The molecule has 2 aliphatic rings. The average molecular weight is 618 g/mol. The fourth-order valence-electron chi connectivity index (χ4n) is 4.15. The molecule has 5 rings (SSSR count). The maximum Gasteiger partial charge on any atom is 0.490 e. The smallest absolute Gasteiger partial charge is 0.475 e. The lowest BCUT2D eigenvalue weighted by atomic mass is 10.0. The number of nitrogen functional groups attached to an aromatic ring is 1. The third-order valence-electron chi connectivity index (χ3n) is 6.12. The molecule has 0 bridgehead atoms. The molecular formula is C24H23ClF3N5O5S2. The van der Waals surface area contributed by atoms with Crippen molar-refractivity contribution in [2.24, 2.45) is 5.84 Å². The number of nitrogens with two attached hydrogens (primary N) is 2. The minimum atomic E-state index is -5.08. The Bertz CT molecular complexity index is 1610. The van der Waals surface area contributed by atoms with Gasteiger partial charge in [0.2, 0.25) is 5.91 Å². The van der Waals surface area contributed by atoms with Crippen molar-refractivity contribution in [1.82, 2.24) is 9.62 Å². The molecule has 0 aliphatic carbocycles. The van der Waals surface area contributed by atoms with E-state index in [0.29, 0.717) is 30.2 Å². The van der Waals surface area contributed by atoms with Crippen LogP contribution < -0.4 is 21.3 Å². The topological polar surface area (TPSA) is 159 Å². The van der Waals surface area contributed by atoms with E-state index < -0.39 is 28.2 Å². The lowest BCUT2D eigenvalue weighted by molar-refractivity contribution is -0.192. The van der Waals surface area contributed by atoms with Crippen molar-refractivity contribution < 1.29 is 36.3 Å². The lowest BCUT2D eigenvalue weighted by Crippen LogP contribution is -2.41. The highest BCUT2D eigenvalue weighted by Gasteiger charge is 2.38. The van der Waals surface area contributed by atoms with E-state index in [-0.39, 0.29) is 16.7 Å². The molecule has 6 N–H and O–H groups in total. The third-order valence-corrected chi connectivity index (χ3v) is 9.40. The first kappa shape index (κ1) is 29.6. The second kappa shape index (κ2) is 11.2. The summed E-state index contributed by atoms with van der Waals surface area (Å²) in [6, 6.07) is 9.72. The normalized spacial score (nSPS) is 17.1. The summed E-state index contributed by atoms with van der Waals surface area (Å²) in [4.78, 5) is 23.5. The van der Waals surface area contributed by atoms with Gasteiger partial charge in [0.15, 0.2) is 0 Å². The summed E-state index contributed by atoms with van der Waals surface area (Å²) < 4.78 is 61.1. The second-order valence-electron chi connectivity index (χ2n) is 8.94. The average Bonchev–Trinajstić information content (AvgIpc) is 3.44. The van der Waals surface area contributed by atoms with E-state index in [9.17, 15) is 26.4 Å². The molecule has 1 aromatic heterocycles. The number of hydrogen-bond acceptors (Lipinski definition) is 8. The number of hydrazine groups is 1. The SMILES string of the molecule is Nc1cc2c(cc1CN1CC[C@H](NS(=O)(=O)c3cc4ccc(Cl)cc4s3)C1=O)N(N)CC=C2.O=C(O)C(F)(F)F. The van der Waals surface area contributed by atoms with Crippen LogP contribution in [0.25, 0.3) is 16.2 Å². The summed E-state index contributed by atoms with van der Waals surface area (Å²) in [6.07, 6.45) is -0.786. The number of carbonyl (C=O) groups excluding carboxylic acids is 1. The number of thiophene rings is 1. The van der Waals surface area contributed by atoms with Crippen molar-refractivity contribution in [2.45, 2.75) is 29.4 Å². The van der Waals surface area contributed by atoms with Gasteiger partial charge in [0, 0.05) is 34.1 Å². The number of hydrogen-bond donors (Lipinski definition) is 4. The number of halogens is 4. The van der Waals surface area contributed by atoms with Crippen LogP contribution in [0.4, 0.5) is 24.5 Å². The summed E-state index contributed by atoms with van der Waals surface area (Å²) in [5.74, 6) is 3.03. The molecule has 10 nitrogen and oxygen atoms in total. The molecule has 1 atom stereocenters. The molecule has 0 unspecified atom stereocenters. The van der Waals surface area contributed by atoms with Crippen LogP contribution in [-0.2, 0) is 26.2 Å². The van der Waals surface area contributed by atoms with E-state index in [1.165, 1.54) is 0 Å². The molecule has 2 aromatic carbocycles. The first-order chi connectivity index (χ1) is 18.7. The van der Waals surface area contributed by atoms with Crippen molar-refractivity contribution in [2.75, 3.05) is 23.8 Å². The van der Waals surface area contributed by atoms with E-state index in [0.717, 1.165) is 38.2 Å². The summed E-state index contributed by atoms with van der Waals surface area (Å²) in [6.45, 7) is 1.30. The number of carboxylic acids is 1. The molecule has 3 heterocycles. The van der Waals surface area contributed by atoms with E-state index in [1.54, 1.807) is 34.2 Å². The molecule has 40 heavy (non-hydrogen) atoms. The molecule has 1 fully saturated rings. The molecule has 0 saturated carbocycles.